The number of nitrogens with one attached hydrogen (secondary N) is 2. The second-order valence-electron chi connectivity index (χ2n) is 3.98. The van der Waals surface area contributed by atoms with Crippen molar-refractivity contribution in [1.29, 1.82) is 0 Å². The Labute approximate surface area is 189 Å². The van der Waals surface area contributed by atoms with Gasteiger partial charge in [0, 0.05) is 65.4 Å². The minimum atomic E-state index is 0. The standard InChI is InChI=1S/C15H12N2O2.2CH3.2Y/c18-10-16-14-7-5-12(6-8-14)9-13-3-1-2-4-15(13)17-11-19;;;;/h1-8H,9H2,(H,16,18)(H,17,19);2*1H3;;/q-2;2*-1;;. The molecule has 6 heteroatoms. The van der Waals surface area contributed by atoms with E-state index in [1.54, 1.807) is 12.8 Å². The Kier molecular flexibility index (Phi) is 18.1. The van der Waals surface area contributed by atoms with Gasteiger partial charge < -0.3 is 35.1 Å². The van der Waals surface area contributed by atoms with Gasteiger partial charge in [-0.25, -0.2) is 0 Å². The third-order valence-electron chi connectivity index (χ3n) is 2.75. The van der Waals surface area contributed by atoms with E-state index in [1.165, 1.54) is 0 Å². The van der Waals surface area contributed by atoms with E-state index in [2.05, 4.69) is 10.6 Å². The minimum absolute atomic E-state index is 0. The maximum atomic E-state index is 10.4. The van der Waals surface area contributed by atoms with Gasteiger partial charge in [0.05, 0.1) is 12.8 Å². The second kappa shape index (κ2) is 15.1. The van der Waals surface area contributed by atoms with Crippen molar-refractivity contribution in [1.82, 2.24) is 0 Å². The summed E-state index contributed by atoms with van der Waals surface area (Å²) in [6.45, 7) is 0. The molecule has 0 aliphatic carbocycles. The molecule has 0 aromatic heterocycles. The van der Waals surface area contributed by atoms with Gasteiger partial charge in [-0.1, -0.05) is 30.3 Å². The molecule has 0 unspecified atom stereocenters. The van der Waals surface area contributed by atoms with Crippen molar-refractivity contribution in [2.45, 2.75) is 6.42 Å². The van der Waals surface area contributed by atoms with E-state index in [1.807, 2.05) is 48.5 Å². The normalized spacial score (nSPS) is 8.00. The third kappa shape index (κ3) is 8.85. The summed E-state index contributed by atoms with van der Waals surface area (Å²) in [6, 6.07) is 15.0. The van der Waals surface area contributed by atoms with Gasteiger partial charge in [0.1, 0.15) is 0 Å². The zero-order valence-electron chi connectivity index (χ0n) is 13.3. The van der Waals surface area contributed by atoms with Gasteiger partial charge in [0.15, 0.2) is 0 Å². The Bertz CT molecular complexity index is 575. The van der Waals surface area contributed by atoms with Gasteiger partial charge in [-0.2, -0.15) is 0 Å². The second-order valence-corrected chi connectivity index (χ2v) is 3.98. The smallest absolute Gasteiger partial charge is 0.0692 e. The molecule has 0 saturated heterocycles. The van der Waals surface area contributed by atoms with Crippen LogP contribution in [-0.2, 0) is 81.4 Å². The molecule has 2 amide bonds. The van der Waals surface area contributed by atoms with Crippen LogP contribution in [0, 0.1) is 14.9 Å². The van der Waals surface area contributed by atoms with E-state index in [9.17, 15) is 9.59 Å². The molecule has 0 spiro atoms. The number of benzene rings is 2. The van der Waals surface area contributed by atoms with Crippen LogP contribution in [0.15, 0.2) is 48.5 Å². The average Bonchev–Trinajstić information content (AvgIpc) is 2.44. The van der Waals surface area contributed by atoms with Crippen molar-refractivity contribution in [2.24, 2.45) is 0 Å². The van der Waals surface area contributed by atoms with E-state index >= 15 is 0 Å². The van der Waals surface area contributed by atoms with Crippen LogP contribution in [0.5, 0.6) is 0 Å². The Morgan fingerprint density at radius 2 is 1.35 bits per heavy atom. The number of hydrogen-bond acceptors (Lipinski definition) is 2. The van der Waals surface area contributed by atoms with Crippen LogP contribution in [0.3, 0.4) is 0 Å². The Morgan fingerprint density at radius 1 is 0.783 bits per heavy atom. The molecule has 118 valence electrons. The van der Waals surface area contributed by atoms with E-state index in [4.69, 9.17) is 0 Å². The molecule has 4 nitrogen and oxygen atoms in total. The monoisotopic (exact) mass is 460 g/mol. The van der Waals surface area contributed by atoms with Crippen LogP contribution in [0.4, 0.5) is 11.4 Å². The summed E-state index contributed by atoms with van der Waals surface area (Å²) in [5.41, 5.74) is 3.54. The number of anilines is 2. The molecule has 23 heavy (non-hydrogen) atoms. The fourth-order valence-corrected chi connectivity index (χ4v) is 1.84. The zero-order chi connectivity index (χ0) is 13.5. The molecule has 0 atom stereocenters. The largest absolute Gasteiger partial charge is 0.490 e. The molecule has 0 bridgehead atoms. The SMILES string of the molecule is O=[C-]Nc1ccc(Cc2ccccc2N[C-]=O)cc1.[CH3-].[CH3-].[Y].[Y]. The quantitative estimate of drug-likeness (QED) is 0.515. The molecule has 2 N–H and O–H groups in total. The first-order valence-corrected chi connectivity index (χ1v) is 5.76. The predicted molar refractivity (Wildman–Crippen MR) is 87.2 cm³/mol. The van der Waals surface area contributed by atoms with Crippen molar-refractivity contribution < 1.29 is 75.0 Å². The van der Waals surface area contributed by atoms with Crippen molar-refractivity contribution in [2.75, 3.05) is 10.6 Å². The minimum Gasteiger partial charge on any atom is -0.490 e. The van der Waals surface area contributed by atoms with E-state index < -0.39 is 0 Å². The Hall–Kier alpha value is -0.412. The number of carbonyl (C=O) groups excluding carboxylic acids is 2. The molecule has 2 radical (unpaired) electrons. The first-order chi connectivity index (χ1) is 9.33. The summed E-state index contributed by atoms with van der Waals surface area (Å²) in [5, 5.41) is 5.02. The number of hydrogen-bond donors (Lipinski definition) is 2. The molecule has 2 aromatic rings. The topological polar surface area (TPSA) is 58.2 Å². The van der Waals surface area contributed by atoms with Crippen molar-refractivity contribution in [3.63, 3.8) is 0 Å². The molecule has 2 aromatic carbocycles. The summed E-state index contributed by atoms with van der Waals surface area (Å²) in [7, 11) is 0. The van der Waals surface area contributed by atoms with E-state index in [0.717, 1.165) is 16.8 Å². The Balaban J connectivity index is -0.000001000. The zero-order valence-corrected chi connectivity index (χ0v) is 19.0. The van der Waals surface area contributed by atoms with Crippen molar-refractivity contribution in [3.8, 4) is 0 Å². The molecule has 2 rings (SSSR count). The fourth-order valence-electron chi connectivity index (χ4n) is 1.84. The van der Waals surface area contributed by atoms with Crippen LogP contribution in [-0.4, -0.2) is 12.8 Å². The van der Waals surface area contributed by atoms with Gasteiger partial charge in [-0.3, -0.25) is 0 Å². The Morgan fingerprint density at radius 3 is 1.91 bits per heavy atom. The van der Waals surface area contributed by atoms with Crippen LogP contribution >= 0.6 is 0 Å². The van der Waals surface area contributed by atoms with Crippen LogP contribution in [0.2, 0.25) is 0 Å². The van der Waals surface area contributed by atoms with Crippen LogP contribution in [0.1, 0.15) is 11.1 Å². The maximum absolute atomic E-state index is 10.4. The van der Waals surface area contributed by atoms with Crippen molar-refractivity contribution in [3.05, 3.63) is 74.5 Å². The summed E-state index contributed by atoms with van der Waals surface area (Å²) >= 11 is 0. The van der Waals surface area contributed by atoms with Gasteiger partial charge in [-0.15, -0.1) is 35.1 Å². The molecule has 0 aliphatic rings. The molecule has 0 heterocycles. The van der Waals surface area contributed by atoms with Gasteiger partial charge >= 0.3 is 0 Å². The van der Waals surface area contributed by atoms with Crippen molar-refractivity contribution >= 4 is 24.2 Å². The third-order valence-corrected chi connectivity index (χ3v) is 2.75. The average molecular weight is 460 g/mol. The summed E-state index contributed by atoms with van der Waals surface area (Å²) in [4.78, 5) is 20.6. The fraction of sp³-hybridized carbons (Fsp3) is 0.0588. The molecular weight excluding hydrogens is 442 g/mol. The van der Waals surface area contributed by atoms with Crippen LogP contribution < -0.4 is 10.6 Å². The number of amides is 2. The summed E-state index contributed by atoms with van der Waals surface area (Å²) in [5.74, 6) is 0. The van der Waals surface area contributed by atoms with E-state index in [-0.39, 0.29) is 80.3 Å². The van der Waals surface area contributed by atoms with Crippen LogP contribution in [0.25, 0.3) is 0 Å². The first-order valence-electron chi connectivity index (χ1n) is 5.76. The maximum Gasteiger partial charge on any atom is 0.0692 e. The van der Waals surface area contributed by atoms with E-state index in [0.29, 0.717) is 12.1 Å². The first kappa shape index (κ1) is 27.4. The predicted octanol–water partition coefficient (Wildman–Crippen LogP) is 3.13. The number of para-hydroxylation sites is 1. The summed E-state index contributed by atoms with van der Waals surface area (Å²) < 4.78 is 0. The molecule has 0 saturated carbocycles. The summed E-state index contributed by atoms with van der Waals surface area (Å²) in [6.07, 6.45) is 4.00. The van der Waals surface area contributed by atoms with Gasteiger partial charge in [0.2, 0.25) is 0 Å². The molecular formula is C17H18N2O2Y2-4. The molecule has 0 aliphatic heterocycles. The molecule has 0 fully saturated rings. The number of rotatable bonds is 6. The van der Waals surface area contributed by atoms with Gasteiger partial charge in [0.25, 0.3) is 0 Å². The van der Waals surface area contributed by atoms with Gasteiger partial charge in [-0.05, 0) is 12.0 Å².